The lowest BCUT2D eigenvalue weighted by atomic mass is 10.4. The van der Waals surface area contributed by atoms with Gasteiger partial charge in [-0.05, 0) is 18.4 Å². The third-order valence-corrected chi connectivity index (χ3v) is 2.73. The quantitative estimate of drug-likeness (QED) is 0.867. The highest BCUT2D eigenvalue weighted by Crippen LogP contribution is 2.14. The number of aryl methyl sites for hydroxylation is 1. The lowest BCUT2D eigenvalue weighted by Crippen LogP contribution is -1.99. The fourth-order valence-electron chi connectivity index (χ4n) is 1.42. The minimum absolute atomic E-state index is 0.672. The largest absolute Gasteiger partial charge is 0.463 e. The smallest absolute Gasteiger partial charge is 0.148 e. The predicted molar refractivity (Wildman–Crippen MR) is 66.5 cm³/mol. The van der Waals surface area contributed by atoms with Gasteiger partial charge in [0.25, 0.3) is 0 Å². The molecular weight excluding hydrogens is 222 g/mol. The lowest BCUT2D eigenvalue weighted by Gasteiger charge is -1.99. The lowest BCUT2D eigenvalue weighted by molar-refractivity contribution is 0.487. The summed E-state index contributed by atoms with van der Waals surface area (Å²) >= 11 is 1.76. The van der Waals surface area contributed by atoms with E-state index in [1.807, 2.05) is 31.4 Å². The van der Waals surface area contributed by atoms with E-state index in [9.17, 15) is 0 Å². The van der Waals surface area contributed by atoms with Crippen LogP contribution < -0.4 is 5.32 Å². The van der Waals surface area contributed by atoms with Crippen molar-refractivity contribution in [3.8, 4) is 0 Å². The highest BCUT2D eigenvalue weighted by atomic mass is 32.2. The molecule has 0 atom stereocenters. The molecule has 0 saturated carbocycles. The van der Waals surface area contributed by atoms with Crippen LogP contribution in [0, 0.1) is 0 Å². The maximum absolute atomic E-state index is 5.63. The van der Waals surface area contributed by atoms with E-state index >= 15 is 0 Å². The van der Waals surface area contributed by atoms with E-state index in [2.05, 4.69) is 16.7 Å². The number of anilines is 1. The molecule has 2 aromatic rings. The average Bonchev–Trinajstić information content (AvgIpc) is 2.85. The Labute approximate surface area is 99.0 Å². The number of nitrogens with zero attached hydrogens (tertiary/aromatic N) is 2. The van der Waals surface area contributed by atoms with Crippen molar-refractivity contribution in [3.05, 3.63) is 35.9 Å². The summed E-state index contributed by atoms with van der Waals surface area (Å²) in [6.07, 6.45) is 3.97. The summed E-state index contributed by atoms with van der Waals surface area (Å²) in [6, 6.07) is 5.96. The number of aromatic nitrogens is 2. The Kier molecular flexibility index (Phi) is 3.56. The number of hydrogen-bond acceptors (Lipinski definition) is 4. The van der Waals surface area contributed by atoms with Crippen LogP contribution in [0.4, 0.5) is 5.82 Å². The van der Waals surface area contributed by atoms with Crippen LogP contribution in [0.2, 0.25) is 0 Å². The molecule has 0 spiro atoms. The summed E-state index contributed by atoms with van der Waals surface area (Å²) in [7, 11) is 1.90. The van der Waals surface area contributed by atoms with E-state index in [0.717, 1.165) is 23.1 Å². The van der Waals surface area contributed by atoms with E-state index in [-0.39, 0.29) is 0 Å². The highest BCUT2D eigenvalue weighted by Gasteiger charge is 2.02. The number of hydrogen-bond donors (Lipinski definition) is 1. The molecule has 2 heterocycles. The highest BCUT2D eigenvalue weighted by molar-refractivity contribution is 7.97. The number of thioether (sulfide) groups is 1. The van der Waals surface area contributed by atoms with Crippen molar-refractivity contribution >= 4 is 17.6 Å². The Morgan fingerprint density at radius 1 is 1.38 bits per heavy atom. The molecule has 0 aromatic carbocycles. The molecule has 4 nitrogen and oxygen atoms in total. The van der Waals surface area contributed by atoms with Crippen LogP contribution in [0.3, 0.4) is 0 Å². The molecule has 0 aliphatic carbocycles. The van der Waals surface area contributed by atoms with Gasteiger partial charge in [-0.25, -0.2) is 0 Å². The predicted octanol–water partition coefficient (Wildman–Crippen LogP) is 2.49. The molecule has 0 aliphatic rings. The molecule has 86 valence electrons. The summed E-state index contributed by atoms with van der Waals surface area (Å²) in [5, 5.41) is 7.43. The second-order valence-electron chi connectivity index (χ2n) is 3.53. The Morgan fingerprint density at radius 3 is 2.88 bits per heavy atom. The van der Waals surface area contributed by atoms with Gasteiger partial charge in [-0.2, -0.15) is 16.9 Å². The fourth-order valence-corrected chi connectivity index (χ4v) is 1.86. The molecule has 2 aromatic heterocycles. The van der Waals surface area contributed by atoms with Gasteiger partial charge >= 0.3 is 0 Å². The monoisotopic (exact) mass is 237 g/mol. The van der Waals surface area contributed by atoms with Crippen molar-refractivity contribution < 1.29 is 4.42 Å². The number of nitrogens with one attached hydrogen (secondary N) is 1. The summed E-state index contributed by atoms with van der Waals surface area (Å²) in [5.41, 5.74) is 0. The first-order valence-corrected chi connectivity index (χ1v) is 6.47. The second kappa shape index (κ2) is 5.12. The topological polar surface area (TPSA) is 43.0 Å². The van der Waals surface area contributed by atoms with Gasteiger partial charge in [-0.1, -0.05) is 0 Å². The third kappa shape index (κ3) is 2.82. The van der Waals surface area contributed by atoms with Gasteiger partial charge in [-0.15, -0.1) is 0 Å². The standard InChI is InChI=1S/C11H15N3OS/c1-14-6-5-11(13-14)12-7-9-3-4-10(15-9)8-16-2/h3-6H,7-8H2,1-2H3,(H,12,13). The summed E-state index contributed by atoms with van der Waals surface area (Å²) < 4.78 is 7.40. The summed E-state index contributed by atoms with van der Waals surface area (Å²) in [6.45, 7) is 0.672. The van der Waals surface area contributed by atoms with E-state index in [4.69, 9.17) is 4.42 Å². The first kappa shape index (κ1) is 11.1. The van der Waals surface area contributed by atoms with Crippen molar-refractivity contribution in [1.29, 1.82) is 0 Å². The van der Waals surface area contributed by atoms with E-state index in [1.54, 1.807) is 16.4 Å². The Bertz CT molecular complexity index is 450. The van der Waals surface area contributed by atoms with Gasteiger partial charge in [0.1, 0.15) is 17.3 Å². The molecule has 0 fully saturated rings. The Hall–Kier alpha value is -1.36. The molecule has 0 radical (unpaired) electrons. The second-order valence-corrected chi connectivity index (χ2v) is 4.40. The summed E-state index contributed by atoms with van der Waals surface area (Å²) in [5.74, 6) is 3.74. The van der Waals surface area contributed by atoms with E-state index in [0.29, 0.717) is 6.54 Å². The van der Waals surface area contributed by atoms with Gasteiger partial charge in [-0.3, -0.25) is 4.68 Å². The van der Waals surface area contributed by atoms with Gasteiger partial charge < -0.3 is 9.73 Å². The van der Waals surface area contributed by atoms with E-state index in [1.165, 1.54) is 0 Å². The van der Waals surface area contributed by atoms with Gasteiger partial charge in [0.15, 0.2) is 0 Å². The van der Waals surface area contributed by atoms with Crippen molar-refractivity contribution in [3.63, 3.8) is 0 Å². The van der Waals surface area contributed by atoms with Crippen molar-refractivity contribution in [2.24, 2.45) is 7.05 Å². The molecule has 1 N–H and O–H groups in total. The Morgan fingerprint density at radius 2 is 2.19 bits per heavy atom. The molecule has 2 rings (SSSR count). The zero-order chi connectivity index (χ0) is 11.4. The van der Waals surface area contributed by atoms with Crippen LogP contribution in [0.1, 0.15) is 11.5 Å². The first-order chi connectivity index (χ1) is 7.78. The SMILES string of the molecule is CSCc1ccc(CNc2ccn(C)n2)o1. The summed E-state index contributed by atoms with van der Waals surface area (Å²) in [4.78, 5) is 0. The normalized spacial score (nSPS) is 10.6. The van der Waals surface area contributed by atoms with Crippen LogP contribution in [0.5, 0.6) is 0 Å². The maximum atomic E-state index is 5.63. The van der Waals surface area contributed by atoms with Crippen LogP contribution in [0.15, 0.2) is 28.8 Å². The minimum atomic E-state index is 0.672. The van der Waals surface area contributed by atoms with Gasteiger partial charge in [0.05, 0.1) is 12.3 Å². The fraction of sp³-hybridized carbons (Fsp3) is 0.364. The minimum Gasteiger partial charge on any atom is -0.463 e. The van der Waals surface area contributed by atoms with Crippen molar-refractivity contribution in [1.82, 2.24) is 9.78 Å². The van der Waals surface area contributed by atoms with E-state index < -0.39 is 0 Å². The number of rotatable bonds is 5. The molecule has 0 bridgehead atoms. The molecule has 5 heteroatoms. The zero-order valence-electron chi connectivity index (χ0n) is 9.43. The van der Waals surface area contributed by atoms with Crippen LogP contribution in [-0.2, 0) is 19.3 Å². The van der Waals surface area contributed by atoms with Gasteiger partial charge in [0, 0.05) is 19.3 Å². The van der Waals surface area contributed by atoms with Crippen molar-refractivity contribution in [2.45, 2.75) is 12.3 Å². The zero-order valence-corrected chi connectivity index (χ0v) is 10.3. The molecule has 0 unspecified atom stereocenters. The van der Waals surface area contributed by atoms with Crippen molar-refractivity contribution in [2.75, 3.05) is 11.6 Å². The molecular formula is C11H15N3OS. The molecule has 16 heavy (non-hydrogen) atoms. The van der Waals surface area contributed by atoms with Crippen LogP contribution in [-0.4, -0.2) is 16.0 Å². The van der Waals surface area contributed by atoms with Crippen LogP contribution in [0.25, 0.3) is 0 Å². The Balaban J connectivity index is 1.89. The molecule has 0 saturated heterocycles. The molecule has 0 amide bonds. The number of furan rings is 1. The van der Waals surface area contributed by atoms with Gasteiger partial charge in [0.2, 0.25) is 0 Å². The average molecular weight is 237 g/mol. The first-order valence-electron chi connectivity index (χ1n) is 5.08. The third-order valence-electron chi connectivity index (χ3n) is 2.16. The molecule has 0 aliphatic heterocycles. The van der Waals surface area contributed by atoms with Crippen LogP contribution >= 0.6 is 11.8 Å². The maximum Gasteiger partial charge on any atom is 0.148 e.